The maximum absolute atomic E-state index is 13.4. The van der Waals surface area contributed by atoms with Crippen molar-refractivity contribution < 1.29 is 22.4 Å². The highest BCUT2D eigenvalue weighted by atomic mass is 32.2. The summed E-state index contributed by atoms with van der Waals surface area (Å²) in [6.07, 6.45) is 0. The summed E-state index contributed by atoms with van der Waals surface area (Å²) in [5.74, 6) is -0.960. The van der Waals surface area contributed by atoms with Crippen molar-refractivity contribution in [1.82, 2.24) is 14.1 Å². The van der Waals surface area contributed by atoms with E-state index in [1.165, 1.54) is 38.4 Å². The number of benzene rings is 2. The number of anilines is 1. The number of amides is 2. The molecule has 0 unspecified atom stereocenters. The van der Waals surface area contributed by atoms with Crippen molar-refractivity contribution in [1.29, 1.82) is 0 Å². The third-order valence-corrected chi connectivity index (χ3v) is 7.29. The third kappa shape index (κ3) is 5.50. The zero-order valence-corrected chi connectivity index (χ0v) is 19.2. The molecule has 0 spiro atoms. The van der Waals surface area contributed by atoms with Crippen molar-refractivity contribution in [2.24, 2.45) is 0 Å². The van der Waals surface area contributed by atoms with Crippen LogP contribution in [0.3, 0.4) is 0 Å². The van der Waals surface area contributed by atoms with Crippen LogP contribution in [0.1, 0.15) is 15.9 Å². The molecule has 2 amide bonds. The van der Waals surface area contributed by atoms with Crippen LogP contribution in [0.5, 0.6) is 0 Å². The summed E-state index contributed by atoms with van der Waals surface area (Å²) >= 11 is 0. The number of aryl methyl sites for hydroxylation is 1. The van der Waals surface area contributed by atoms with E-state index in [9.17, 15) is 22.4 Å². The zero-order valence-electron chi connectivity index (χ0n) is 18.3. The number of rotatable bonds is 6. The third-order valence-electron chi connectivity index (χ3n) is 5.33. The van der Waals surface area contributed by atoms with Gasteiger partial charge < -0.3 is 10.2 Å². The van der Waals surface area contributed by atoms with E-state index in [0.717, 1.165) is 4.31 Å². The van der Waals surface area contributed by atoms with Gasteiger partial charge in [-0.15, -0.1) is 0 Å². The van der Waals surface area contributed by atoms with Gasteiger partial charge in [-0.2, -0.15) is 0 Å². The fourth-order valence-corrected chi connectivity index (χ4v) is 4.61. The Balaban J connectivity index is 1.56. The molecule has 0 aliphatic carbocycles. The lowest BCUT2D eigenvalue weighted by molar-refractivity contribution is -0.117. The number of hydrogen-bond acceptors (Lipinski definition) is 5. The van der Waals surface area contributed by atoms with Crippen molar-refractivity contribution in [2.45, 2.75) is 11.8 Å². The fourth-order valence-electron chi connectivity index (χ4n) is 3.47. The minimum Gasteiger partial charge on any atom is -0.336 e. The number of sulfonamides is 1. The molecular weight excluding hydrogens is 435 g/mol. The van der Waals surface area contributed by atoms with Crippen LogP contribution in [0.4, 0.5) is 10.1 Å². The predicted octanol–water partition coefficient (Wildman–Crippen LogP) is 1.78. The van der Waals surface area contributed by atoms with Crippen LogP contribution in [0, 0.1) is 12.7 Å². The summed E-state index contributed by atoms with van der Waals surface area (Å²) in [6, 6.07) is 10.4. The Labute approximate surface area is 187 Å². The highest BCUT2D eigenvalue weighted by molar-refractivity contribution is 7.89. The number of carbonyl (C=O) groups excluding carboxylic acids is 2. The number of hydrogen-bond donors (Lipinski definition) is 1. The molecule has 0 atom stereocenters. The molecule has 1 aliphatic rings. The average Bonchev–Trinajstić information content (AvgIpc) is 2.75. The Hall–Kier alpha value is -2.82. The van der Waals surface area contributed by atoms with Crippen LogP contribution in [0.25, 0.3) is 0 Å². The summed E-state index contributed by atoms with van der Waals surface area (Å²) in [4.78, 5) is 28.7. The van der Waals surface area contributed by atoms with Gasteiger partial charge in [0, 0.05) is 51.5 Å². The SMILES string of the molecule is Cc1ccc(NC(=O)CN2CCN(C(=O)c3cccc(F)c3)CC2)cc1S(=O)(=O)N(C)C. The molecule has 1 N–H and O–H groups in total. The topological polar surface area (TPSA) is 90.0 Å². The molecule has 32 heavy (non-hydrogen) atoms. The van der Waals surface area contributed by atoms with Gasteiger partial charge >= 0.3 is 0 Å². The Kier molecular flexibility index (Phi) is 7.27. The molecule has 2 aromatic carbocycles. The summed E-state index contributed by atoms with van der Waals surface area (Å²) in [6.45, 7) is 3.68. The van der Waals surface area contributed by atoms with E-state index >= 15 is 0 Å². The molecule has 8 nitrogen and oxygen atoms in total. The van der Waals surface area contributed by atoms with E-state index in [0.29, 0.717) is 43.0 Å². The van der Waals surface area contributed by atoms with Gasteiger partial charge in [0.15, 0.2) is 0 Å². The van der Waals surface area contributed by atoms with Gasteiger partial charge in [-0.1, -0.05) is 12.1 Å². The fraction of sp³-hybridized carbons (Fsp3) is 0.364. The quantitative estimate of drug-likeness (QED) is 0.707. The number of piperazine rings is 1. The summed E-state index contributed by atoms with van der Waals surface area (Å²) in [7, 11) is -0.708. The van der Waals surface area contributed by atoms with E-state index in [2.05, 4.69) is 5.32 Å². The number of nitrogens with zero attached hydrogens (tertiary/aromatic N) is 3. The molecule has 2 aromatic rings. The maximum Gasteiger partial charge on any atom is 0.254 e. The summed E-state index contributed by atoms with van der Waals surface area (Å²) in [5.41, 5.74) is 1.30. The first-order chi connectivity index (χ1) is 15.1. The minimum absolute atomic E-state index is 0.117. The van der Waals surface area contributed by atoms with Crippen molar-refractivity contribution in [3.05, 3.63) is 59.4 Å². The molecular formula is C22H27FN4O4S. The van der Waals surface area contributed by atoms with Gasteiger partial charge in [0.1, 0.15) is 5.82 Å². The van der Waals surface area contributed by atoms with Gasteiger partial charge in [-0.3, -0.25) is 14.5 Å². The number of carbonyl (C=O) groups is 2. The molecule has 0 aromatic heterocycles. The predicted molar refractivity (Wildman–Crippen MR) is 119 cm³/mol. The van der Waals surface area contributed by atoms with E-state index in [-0.39, 0.29) is 23.3 Å². The van der Waals surface area contributed by atoms with Gasteiger partial charge in [0.2, 0.25) is 15.9 Å². The Morgan fingerprint density at radius 2 is 1.75 bits per heavy atom. The summed E-state index contributed by atoms with van der Waals surface area (Å²) in [5, 5.41) is 2.75. The number of halogens is 1. The Bertz CT molecular complexity index is 1110. The van der Waals surface area contributed by atoms with Crippen LogP contribution in [0.15, 0.2) is 47.4 Å². The van der Waals surface area contributed by atoms with Crippen LogP contribution < -0.4 is 5.32 Å². The van der Waals surface area contributed by atoms with Gasteiger partial charge in [-0.05, 0) is 42.8 Å². The lowest BCUT2D eigenvalue weighted by Crippen LogP contribution is -2.50. The first kappa shape index (κ1) is 23.8. The van der Waals surface area contributed by atoms with E-state index in [1.54, 1.807) is 30.0 Å². The first-order valence-corrected chi connectivity index (χ1v) is 11.6. The monoisotopic (exact) mass is 462 g/mol. The second kappa shape index (κ2) is 9.76. The minimum atomic E-state index is -3.62. The smallest absolute Gasteiger partial charge is 0.254 e. The zero-order chi connectivity index (χ0) is 23.5. The second-order valence-corrected chi connectivity index (χ2v) is 10.0. The Morgan fingerprint density at radius 3 is 2.38 bits per heavy atom. The normalized spacial score (nSPS) is 15.1. The van der Waals surface area contributed by atoms with Crippen LogP contribution in [0.2, 0.25) is 0 Å². The van der Waals surface area contributed by atoms with Crippen LogP contribution in [-0.4, -0.2) is 81.2 Å². The van der Waals surface area contributed by atoms with Gasteiger partial charge in [0.05, 0.1) is 11.4 Å². The van der Waals surface area contributed by atoms with Crippen LogP contribution >= 0.6 is 0 Å². The van der Waals surface area contributed by atoms with Crippen molar-refractivity contribution in [3.8, 4) is 0 Å². The molecule has 1 heterocycles. The van der Waals surface area contributed by atoms with E-state index < -0.39 is 15.8 Å². The molecule has 1 saturated heterocycles. The van der Waals surface area contributed by atoms with Crippen molar-refractivity contribution in [3.63, 3.8) is 0 Å². The maximum atomic E-state index is 13.4. The van der Waals surface area contributed by atoms with Gasteiger partial charge in [0.25, 0.3) is 5.91 Å². The van der Waals surface area contributed by atoms with Gasteiger partial charge in [-0.25, -0.2) is 17.1 Å². The first-order valence-electron chi connectivity index (χ1n) is 10.2. The molecule has 172 valence electrons. The summed E-state index contributed by atoms with van der Waals surface area (Å²) < 4.78 is 39.4. The molecule has 1 aliphatic heterocycles. The highest BCUT2D eigenvalue weighted by Crippen LogP contribution is 2.22. The second-order valence-electron chi connectivity index (χ2n) is 7.89. The van der Waals surface area contributed by atoms with E-state index in [1.807, 2.05) is 4.90 Å². The largest absolute Gasteiger partial charge is 0.336 e. The Morgan fingerprint density at radius 1 is 1.06 bits per heavy atom. The lowest BCUT2D eigenvalue weighted by Gasteiger charge is -2.34. The molecule has 0 bridgehead atoms. The molecule has 0 saturated carbocycles. The van der Waals surface area contributed by atoms with E-state index in [4.69, 9.17) is 0 Å². The standard InChI is InChI=1S/C22H27FN4O4S/c1-16-7-8-19(14-20(16)32(30,31)25(2)3)24-21(28)15-26-9-11-27(12-10-26)22(29)17-5-4-6-18(23)13-17/h4-8,13-14H,9-12,15H2,1-3H3,(H,24,28). The number of nitrogens with one attached hydrogen (secondary N) is 1. The van der Waals surface area contributed by atoms with Crippen LogP contribution in [-0.2, 0) is 14.8 Å². The lowest BCUT2D eigenvalue weighted by atomic mass is 10.1. The molecule has 10 heteroatoms. The molecule has 1 fully saturated rings. The molecule has 0 radical (unpaired) electrons. The van der Waals surface area contributed by atoms with Crippen molar-refractivity contribution >= 4 is 27.5 Å². The average molecular weight is 463 g/mol. The highest BCUT2D eigenvalue weighted by Gasteiger charge is 2.24. The van der Waals surface area contributed by atoms with Crippen molar-refractivity contribution in [2.75, 3.05) is 52.1 Å². The molecule has 3 rings (SSSR count).